The molecule has 0 saturated carbocycles. The van der Waals surface area contributed by atoms with E-state index < -0.39 is 11.7 Å². The maximum Gasteiger partial charge on any atom is 0.416 e. The van der Waals surface area contributed by atoms with Crippen molar-refractivity contribution < 1.29 is 18.0 Å². The van der Waals surface area contributed by atoms with Crippen molar-refractivity contribution in [2.24, 2.45) is 0 Å². The lowest BCUT2D eigenvalue weighted by molar-refractivity contribution is -0.137. The Bertz CT molecular complexity index is 1020. The third-order valence-electron chi connectivity index (χ3n) is 4.12. The fourth-order valence-electron chi connectivity index (χ4n) is 2.64. The van der Waals surface area contributed by atoms with Crippen LogP contribution in [0.1, 0.15) is 27.0 Å². The molecule has 3 rings (SSSR count). The normalized spacial score (nSPS) is 11.2. The van der Waals surface area contributed by atoms with Crippen LogP contribution in [-0.2, 0) is 6.18 Å². The summed E-state index contributed by atoms with van der Waals surface area (Å²) in [7, 11) is 0. The molecular formula is C21H18F3N3O. The molecule has 0 spiro atoms. The van der Waals surface area contributed by atoms with Crippen LogP contribution in [0.25, 0.3) is 0 Å². The number of amides is 1. The van der Waals surface area contributed by atoms with Crippen LogP contribution in [0.3, 0.4) is 0 Å². The number of nitrogens with one attached hydrogen (secondary N) is 2. The van der Waals surface area contributed by atoms with Gasteiger partial charge in [0.25, 0.3) is 5.91 Å². The van der Waals surface area contributed by atoms with Crippen molar-refractivity contribution >= 4 is 23.0 Å². The van der Waals surface area contributed by atoms with Gasteiger partial charge in [0.05, 0.1) is 23.0 Å². The molecule has 1 amide bonds. The predicted molar refractivity (Wildman–Crippen MR) is 103 cm³/mol. The van der Waals surface area contributed by atoms with E-state index in [1.807, 2.05) is 32.0 Å². The van der Waals surface area contributed by atoms with Crippen LogP contribution < -0.4 is 10.6 Å². The first-order chi connectivity index (χ1) is 13.2. The molecule has 0 saturated heterocycles. The third kappa shape index (κ3) is 4.68. The molecule has 0 aliphatic rings. The number of pyridine rings is 1. The van der Waals surface area contributed by atoms with Crippen molar-refractivity contribution in [2.75, 3.05) is 10.6 Å². The molecule has 144 valence electrons. The largest absolute Gasteiger partial charge is 0.416 e. The fraction of sp³-hybridized carbons (Fsp3) is 0.143. The summed E-state index contributed by atoms with van der Waals surface area (Å²) in [4.78, 5) is 16.5. The van der Waals surface area contributed by atoms with Crippen LogP contribution in [0.15, 0.2) is 60.9 Å². The number of halogens is 3. The molecule has 4 nitrogen and oxygen atoms in total. The van der Waals surface area contributed by atoms with E-state index in [4.69, 9.17) is 0 Å². The Morgan fingerprint density at radius 3 is 2.50 bits per heavy atom. The van der Waals surface area contributed by atoms with E-state index in [2.05, 4.69) is 15.6 Å². The molecule has 0 bridgehead atoms. The van der Waals surface area contributed by atoms with Crippen LogP contribution in [0.5, 0.6) is 0 Å². The van der Waals surface area contributed by atoms with Gasteiger partial charge in [-0.15, -0.1) is 0 Å². The van der Waals surface area contributed by atoms with Gasteiger partial charge in [0, 0.05) is 17.6 Å². The second-order valence-corrected chi connectivity index (χ2v) is 6.44. The number of aryl methyl sites for hydroxylation is 2. The molecule has 0 radical (unpaired) electrons. The van der Waals surface area contributed by atoms with Crippen LogP contribution in [0.4, 0.5) is 30.2 Å². The first-order valence-corrected chi connectivity index (χ1v) is 8.50. The predicted octanol–water partition coefficient (Wildman–Crippen LogP) is 5.71. The SMILES string of the molecule is Cc1ccc(C)c(NC(=O)c2cncc(Nc3cccc(C(F)(F)F)c3)c2)c1. The van der Waals surface area contributed by atoms with Crippen molar-refractivity contribution in [3.63, 3.8) is 0 Å². The van der Waals surface area contributed by atoms with Gasteiger partial charge in [-0.05, 0) is 55.3 Å². The number of carbonyl (C=O) groups is 1. The van der Waals surface area contributed by atoms with E-state index >= 15 is 0 Å². The number of hydrogen-bond donors (Lipinski definition) is 2. The van der Waals surface area contributed by atoms with Gasteiger partial charge in [-0.3, -0.25) is 9.78 Å². The minimum atomic E-state index is -4.43. The molecule has 0 fully saturated rings. The van der Waals surface area contributed by atoms with E-state index in [9.17, 15) is 18.0 Å². The van der Waals surface area contributed by atoms with Crippen molar-refractivity contribution in [2.45, 2.75) is 20.0 Å². The molecule has 0 unspecified atom stereocenters. The number of carbonyl (C=O) groups excluding carboxylic acids is 1. The van der Waals surface area contributed by atoms with Gasteiger partial charge in [0.2, 0.25) is 0 Å². The molecule has 1 heterocycles. The third-order valence-corrected chi connectivity index (χ3v) is 4.12. The lowest BCUT2D eigenvalue weighted by Crippen LogP contribution is -2.13. The molecule has 0 aliphatic carbocycles. The number of nitrogens with zero attached hydrogens (tertiary/aromatic N) is 1. The van der Waals surface area contributed by atoms with E-state index in [-0.39, 0.29) is 17.2 Å². The second kappa shape index (κ2) is 7.72. The van der Waals surface area contributed by atoms with E-state index in [0.717, 1.165) is 23.3 Å². The van der Waals surface area contributed by atoms with Crippen molar-refractivity contribution in [1.29, 1.82) is 0 Å². The molecule has 0 aliphatic heterocycles. The highest BCUT2D eigenvalue weighted by Crippen LogP contribution is 2.31. The smallest absolute Gasteiger partial charge is 0.354 e. The second-order valence-electron chi connectivity index (χ2n) is 6.44. The van der Waals surface area contributed by atoms with Gasteiger partial charge in [-0.25, -0.2) is 0 Å². The Labute approximate surface area is 160 Å². The van der Waals surface area contributed by atoms with Gasteiger partial charge in [0.1, 0.15) is 0 Å². The lowest BCUT2D eigenvalue weighted by atomic mass is 10.1. The van der Waals surface area contributed by atoms with Gasteiger partial charge in [-0.2, -0.15) is 13.2 Å². The molecule has 7 heteroatoms. The van der Waals surface area contributed by atoms with Crippen LogP contribution in [0, 0.1) is 13.8 Å². The van der Waals surface area contributed by atoms with Crippen LogP contribution in [0.2, 0.25) is 0 Å². The molecule has 1 aromatic heterocycles. The minimum absolute atomic E-state index is 0.253. The zero-order valence-electron chi connectivity index (χ0n) is 15.3. The summed E-state index contributed by atoms with van der Waals surface area (Å²) in [5.74, 6) is -0.353. The van der Waals surface area contributed by atoms with Gasteiger partial charge in [-0.1, -0.05) is 18.2 Å². The summed E-state index contributed by atoms with van der Waals surface area (Å²) in [5.41, 5.74) is 2.83. The highest BCUT2D eigenvalue weighted by molar-refractivity contribution is 6.05. The maximum absolute atomic E-state index is 12.9. The average molecular weight is 385 g/mol. The highest BCUT2D eigenvalue weighted by Gasteiger charge is 2.30. The topological polar surface area (TPSA) is 54.0 Å². The lowest BCUT2D eigenvalue weighted by Gasteiger charge is -2.12. The number of alkyl halides is 3. The monoisotopic (exact) mass is 385 g/mol. The Hall–Kier alpha value is -3.35. The zero-order chi connectivity index (χ0) is 20.3. The molecule has 2 aromatic carbocycles. The first kappa shape index (κ1) is 19.4. The summed E-state index contributed by atoms with van der Waals surface area (Å²) >= 11 is 0. The van der Waals surface area contributed by atoms with Crippen molar-refractivity contribution in [3.8, 4) is 0 Å². The quantitative estimate of drug-likeness (QED) is 0.605. The number of anilines is 3. The Kier molecular flexibility index (Phi) is 5.35. The number of benzene rings is 2. The minimum Gasteiger partial charge on any atom is -0.354 e. The fourth-order valence-corrected chi connectivity index (χ4v) is 2.64. The van der Waals surface area contributed by atoms with Gasteiger partial charge >= 0.3 is 6.18 Å². The summed E-state index contributed by atoms with van der Waals surface area (Å²) in [5, 5.41) is 5.69. The molecule has 28 heavy (non-hydrogen) atoms. The van der Waals surface area contributed by atoms with E-state index in [1.54, 1.807) is 0 Å². The standard InChI is InChI=1S/C21H18F3N3O/c1-13-6-7-14(2)19(8-13)27-20(28)15-9-18(12-25-11-15)26-17-5-3-4-16(10-17)21(22,23)24/h3-12,26H,1-2H3,(H,27,28). The van der Waals surface area contributed by atoms with Crippen LogP contribution >= 0.6 is 0 Å². The van der Waals surface area contributed by atoms with E-state index in [0.29, 0.717) is 11.4 Å². The Morgan fingerprint density at radius 2 is 1.75 bits per heavy atom. The molecule has 2 N–H and O–H groups in total. The van der Waals surface area contributed by atoms with Crippen molar-refractivity contribution in [1.82, 2.24) is 4.98 Å². The molecular weight excluding hydrogens is 367 g/mol. The van der Waals surface area contributed by atoms with Crippen molar-refractivity contribution in [3.05, 3.63) is 83.2 Å². The average Bonchev–Trinajstić information content (AvgIpc) is 2.64. The first-order valence-electron chi connectivity index (χ1n) is 8.50. The summed E-state index contributed by atoms with van der Waals surface area (Å²) in [6.07, 6.45) is -1.59. The Morgan fingerprint density at radius 1 is 0.964 bits per heavy atom. The molecule has 0 atom stereocenters. The Balaban J connectivity index is 1.79. The van der Waals surface area contributed by atoms with E-state index in [1.165, 1.54) is 30.6 Å². The molecule has 3 aromatic rings. The maximum atomic E-state index is 12.9. The zero-order valence-corrected chi connectivity index (χ0v) is 15.3. The number of hydrogen-bond acceptors (Lipinski definition) is 3. The summed E-state index contributed by atoms with van der Waals surface area (Å²) in [6.45, 7) is 3.81. The van der Waals surface area contributed by atoms with Crippen LogP contribution in [-0.4, -0.2) is 10.9 Å². The van der Waals surface area contributed by atoms with Gasteiger partial charge < -0.3 is 10.6 Å². The number of rotatable bonds is 4. The summed E-state index contributed by atoms with van der Waals surface area (Å²) < 4.78 is 38.6. The number of aromatic nitrogens is 1. The highest BCUT2D eigenvalue weighted by atomic mass is 19.4. The summed E-state index contributed by atoms with van der Waals surface area (Å²) in [6, 6.07) is 12.1. The van der Waals surface area contributed by atoms with Gasteiger partial charge in [0.15, 0.2) is 0 Å².